The minimum atomic E-state index is -0.914. The quantitative estimate of drug-likeness (QED) is 0.432. The summed E-state index contributed by atoms with van der Waals surface area (Å²) in [4.78, 5) is 13.4. The van der Waals surface area contributed by atoms with Crippen molar-refractivity contribution < 1.29 is 19.0 Å². The molecule has 168 valence electrons. The van der Waals surface area contributed by atoms with Crippen molar-refractivity contribution in [1.29, 1.82) is 0 Å². The molecule has 8 heteroatoms. The third-order valence-electron chi connectivity index (χ3n) is 5.82. The van der Waals surface area contributed by atoms with Crippen molar-refractivity contribution in [2.45, 2.75) is 18.7 Å². The Morgan fingerprint density at radius 2 is 1.70 bits per heavy atom. The number of rotatable bonds is 5. The van der Waals surface area contributed by atoms with E-state index in [9.17, 15) is 4.79 Å². The van der Waals surface area contributed by atoms with Crippen molar-refractivity contribution in [2.24, 2.45) is 5.10 Å². The van der Waals surface area contributed by atoms with E-state index in [1.165, 1.54) is 0 Å². The van der Waals surface area contributed by atoms with Gasteiger partial charge in [-0.1, -0.05) is 23.2 Å². The molecule has 2 aliphatic rings. The first-order valence-corrected chi connectivity index (χ1v) is 11.1. The Morgan fingerprint density at radius 1 is 0.970 bits per heavy atom. The van der Waals surface area contributed by atoms with Gasteiger partial charge in [-0.05, 0) is 60.7 Å². The minimum Gasteiger partial charge on any atom is -0.493 e. The Hall–Kier alpha value is -3.22. The number of ether oxygens (including phenoxy) is 3. The summed E-state index contributed by atoms with van der Waals surface area (Å²) in [6, 6.07) is 17.6. The summed E-state index contributed by atoms with van der Waals surface area (Å²) in [6.45, 7) is 0. The summed E-state index contributed by atoms with van der Waals surface area (Å²) < 4.78 is 16.9. The monoisotopic (exact) mass is 482 g/mol. The number of carbonyl (C=O) groups excluding carboxylic acids is 1. The number of methoxy groups -OCH3 is 2. The van der Waals surface area contributed by atoms with Crippen molar-refractivity contribution >= 4 is 34.7 Å². The van der Waals surface area contributed by atoms with Crippen molar-refractivity contribution in [1.82, 2.24) is 5.01 Å². The predicted octanol–water partition coefficient (Wildman–Crippen LogP) is 5.76. The van der Waals surface area contributed by atoms with Crippen molar-refractivity contribution in [3.05, 3.63) is 87.4 Å². The van der Waals surface area contributed by atoms with E-state index in [4.69, 9.17) is 42.5 Å². The first kappa shape index (κ1) is 21.6. The third-order valence-corrected chi connectivity index (χ3v) is 6.31. The number of nitrogens with zero attached hydrogens (tertiary/aromatic N) is 2. The summed E-state index contributed by atoms with van der Waals surface area (Å²) >= 11 is 12.3. The summed E-state index contributed by atoms with van der Waals surface area (Å²) in [5.41, 5.74) is 3.08. The van der Waals surface area contributed by atoms with Crippen LogP contribution in [-0.2, 0) is 0 Å². The number of hydrogen-bond donors (Lipinski definition) is 0. The van der Waals surface area contributed by atoms with Crippen LogP contribution in [0.3, 0.4) is 0 Å². The molecule has 2 aliphatic heterocycles. The van der Waals surface area contributed by atoms with Gasteiger partial charge >= 0.3 is 0 Å². The summed E-state index contributed by atoms with van der Waals surface area (Å²) in [7, 11) is 3.18. The van der Waals surface area contributed by atoms with Gasteiger partial charge in [0.15, 0.2) is 11.5 Å². The van der Waals surface area contributed by atoms with Gasteiger partial charge in [-0.2, -0.15) is 5.10 Å². The van der Waals surface area contributed by atoms with Crippen LogP contribution < -0.4 is 14.2 Å². The molecule has 3 aromatic rings. The average molecular weight is 483 g/mol. The second-order valence-corrected chi connectivity index (χ2v) is 8.61. The van der Waals surface area contributed by atoms with Crippen LogP contribution >= 0.6 is 23.2 Å². The Kier molecular flexibility index (Phi) is 5.64. The molecular weight excluding hydrogens is 463 g/mol. The fourth-order valence-corrected chi connectivity index (χ4v) is 4.48. The maximum absolute atomic E-state index is 13.4. The van der Waals surface area contributed by atoms with E-state index in [0.29, 0.717) is 39.3 Å². The van der Waals surface area contributed by atoms with Gasteiger partial charge in [0.25, 0.3) is 6.23 Å². The lowest BCUT2D eigenvalue weighted by Gasteiger charge is -2.37. The molecule has 3 aromatic carbocycles. The Balaban J connectivity index is 1.56. The highest BCUT2D eigenvalue weighted by Crippen LogP contribution is 2.45. The van der Waals surface area contributed by atoms with Gasteiger partial charge in [0.1, 0.15) is 5.75 Å². The van der Waals surface area contributed by atoms with Crippen molar-refractivity contribution in [3.8, 4) is 17.2 Å². The van der Waals surface area contributed by atoms with E-state index >= 15 is 0 Å². The van der Waals surface area contributed by atoms with Crippen LogP contribution in [0.25, 0.3) is 0 Å². The molecule has 2 atom stereocenters. The summed E-state index contributed by atoms with van der Waals surface area (Å²) in [5, 5.41) is 7.70. The van der Waals surface area contributed by atoms with Gasteiger partial charge in [-0.25, -0.2) is 5.01 Å². The van der Waals surface area contributed by atoms with Crippen molar-refractivity contribution in [3.63, 3.8) is 0 Å². The highest BCUT2D eigenvalue weighted by molar-refractivity contribution is 6.31. The van der Waals surface area contributed by atoms with Gasteiger partial charge in [0.2, 0.25) is 5.78 Å². The van der Waals surface area contributed by atoms with E-state index in [-0.39, 0.29) is 11.8 Å². The highest BCUT2D eigenvalue weighted by atomic mass is 35.5. The molecule has 0 radical (unpaired) electrons. The fraction of sp³-hybridized carbons (Fsp3) is 0.200. The first-order valence-electron chi connectivity index (χ1n) is 10.3. The van der Waals surface area contributed by atoms with E-state index in [2.05, 4.69) is 0 Å². The van der Waals surface area contributed by atoms with Crippen molar-refractivity contribution in [2.75, 3.05) is 14.2 Å². The molecule has 0 aliphatic carbocycles. The van der Waals surface area contributed by atoms with Gasteiger partial charge in [0, 0.05) is 33.2 Å². The molecule has 0 aromatic heterocycles. The van der Waals surface area contributed by atoms with Gasteiger partial charge in [-0.3, -0.25) is 4.79 Å². The molecule has 0 bridgehead atoms. The molecule has 0 saturated heterocycles. The summed E-state index contributed by atoms with van der Waals surface area (Å²) in [5.74, 6) is 1.66. The predicted molar refractivity (Wildman–Crippen MR) is 127 cm³/mol. The Morgan fingerprint density at radius 3 is 2.42 bits per heavy atom. The lowest BCUT2D eigenvalue weighted by atomic mass is 9.95. The second kappa shape index (κ2) is 8.61. The van der Waals surface area contributed by atoms with E-state index in [1.807, 2.05) is 24.3 Å². The Labute approximate surface area is 201 Å². The number of hydrogen-bond acceptors (Lipinski definition) is 6. The maximum Gasteiger partial charge on any atom is 0.251 e. The third kappa shape index (κ3) is 3.90. The topological polar surface area (TPSA) is 60.4 Å². The first-order chi connectivity index (χ1) is 16.0. The standard InChI is InChI=1S/C25H20Cl2N2O4/c1-31-22-9-5-15(11-23(22)32-2)19-13-20-18-12-17(27)8-10-21(18)33-25(29(20)28-19)24(30)14-3-6-16(26)7-4-14/h3-12,20,25H,13H2,1-2H3/t20-,25-/m1/s1. The van der Waals surface area contributed by atoms with Crippen LogP contribution in [0.5, 0.6) is 17.2 Å². The number of ketones is 1. The van der Waals surface area contributed by atoms with Crippen LogP contribution in [0.1, 0.15) is 33.9 Å². The van der Waals surface area contributed by atoms with Gasteiger partial charge in [0.05, 0.1) is 26.0 Å². The van der Waals surface area contributed by atoms with Gasteiger partial charge in [-0.15, -0.1) is 0 Å². The van der Waals surface area contributed by atoms with Crippen LogP contribution in [-0.4, -0.2) is 37.0 Å². The largest absolute Gasteiger partial charge is 0.493 e. The molecule has 0 N–H and O–H groups in total. The van der Waals surface area contributed by atoms with Crippen LogP contribution in [0, 0.1) is 0 Å². The molecule has 6 nitrogen and oxygen atoms in total. The SMILES string of the molecule is COc1ccc(C2=NN3[C@@H](C(=O)c4ccc(Cl)cc4)Oc4ccc(Cl)cc4[C@H]3C2)cc1OC. The molecule has 0 unspecified atom stereocenters. The zero-order valence-corrected chi connectivity index (χ0v) is 19.4. The summed E-state index contributed by atoms with van der Waals surface area (Å²) in [6.07, 6.45) is -0.334. The smallest absolute Gasteiger partial charge is 0.251 e. The lowest BCUT2D eigenvalue weighted by Crippen LogP contribution is -2.45. The molecule has 0 amide bonds. The number of Topliss-reactive ketones (excluding diaryl/α,β-unsaturated/α-hetero) is 1. The van der Waals surface area contributed by atoms with E-state index in [0.717, 1.165) is 16.8 Å². The molecule has 0 fully saturated rings. The number of hydrazone groups is 1. The number of halogens is 2. The molecule has 0 spiro atoms. The normalized spacial score (nSPS) is 18.7. The molecular formula is C25H20Cl2N2O4. The lowest BCUT2D eigenvalue weighted by molar-refractivity contribution is -0.00455. The zero-order valence-electron chi connectivity index (χ0n) is 17.9. The van der Waals surface area contributed by atoms with E-state index < -0.39 is 6.23 Å². The zero-order chi connectivity index (χ0) is 23.1. The highest BCUT2D eigenvalue weighted by Gasteiger charge is 2.43. The Bertz CT molecular complexity index is 1260. The molecule has 5 rings (SSSR count). The molecule has 33 heavy (non-hydrogen) atoms. The number of carbonyl (C=O) groups is 1. The molecule has 0 saturated carbocycles. The van der Waals surface area contributed by atoms with Crippen LogP contribution in [0.4, 0.5) is 0 Å². The minimum absolute atomic E-state index is 0.197. The van der Waals surface area contributed by atoms with E-state index in [1.54, 1.807) is 55.6 Å². The molecule has 2 heterocycles. The fourth-order valence-electron chi connectivity index (χ4n) is 4.18. The van der Waals surface area contributed by atoms with Crippen LogP contribution in [0.2, 0.25) is 10.0 Å². The second-order valence-electron chi connectivity index (χ2n) is 7.74. The van der Waals surface area contributed by atoms with Gasteiger partial charge < -0.3 is 14.2 Å². The maximum atomic E-state index is 13.4. The number of fused-ring (bicyclic) bond motifs is 3. The number of benzene rings is 3. The average Bonchev–Trinajstić information content (AvgIpc) is 3.29. The van der Waals surface area contributed by atoms with Crippen LogP contribution in [0.15, 0.2) is 65.8 Å².